The number of Topliss-reactive ketones (excluding diaryl/α,β-unsaturated/α-hetero) is 2. The van der Waals surface area contributed by atoms with Crippen LogP contribution in [0.4, 0.5) is 0 Å². The number of hydrogen-bond donors (Lipinski definition) is 0. The first-order valence-electron chi connectivity index (χ1n) is 8.93. The zero-order valence-corrected chi connectivity index (χ0v) is 15.9. The van der Waals surface area contributed by atoms with Crippen LogP contribution >= 0.6 is 0 Å². The van der Waals surface area contributed by atoms with E-state index in [2.05, 4.69) is 0 Å². The lowest BCUT2D eigenvalue weighted by atomic mass is 9.78. The largest absolute Gasteiger partial charge is 0.497 e. The van der Waals surface area contributed by atoms with Crippen molar-refractivity contribution in [3.63, 3.8) is 0 Å². The number of carbonyl (C=O) groups excluding carboxylic acids is 2. The van der Waals surface area contributed by atoms with E-state index < -0.39 is 0 Å². The van der Waals surface area contributed by atoms with Crippen LogP contribution in [0, 0.1) is 0 Å². The van der Waals surface area contributed by atoms with Crippen molar-refractivity contribution >= 4 is 17.3 Å². The maximum atomic E-state index is 13.3. The molecule has 0 aromatic heterocycles. The summed E-state index contributed by atoms with van der Waals surface area (Å²) >= 11 is 0. The molecule has 0 saturated heterocycles. The summed E-state index contributed by atoms with van der Waals surface area (Å²) in [6, 6.07) is 15.3. The molecule has 0 bridgehead atoms. The molecule has 136 valence electrons. The number of ether oxygens (including phenoxy) is 1. The van der Waals surface area contributed by atoms with Crippen LogP contribution in [0.2, 0.25) is 0 Å². The van der Waals surface area contributed by atoms with E-state index in [0.717, 1.165) is 28.3 Å². The van der Waals surface area contributed by atoms with Gasteiger partial charge in [0.05, 0.1) is 12.8 Å². The van der Waals surface area contributed by atoms with Crippen molar-refractivity contribution in [3.8, 4) is 5.75 Å². The van der Waals surface area contributed by atoms with E-state index in [1.807, 2.05) is 67.4 Å². The minimum Gasteiger partial charge on any atom is -0.497 e. The van der Waals surface area contributed by atoms with Crippen LogP contribution in [0.15, 0.2) is 65.4 Å². The van der Waals surface area contributed by atoms with Crippen molar-refractivity contribution < 1.29 is 14.3 Å². The van der Waals surface area contributed by atoms with Crippen LogP contribution in [-0.2, 0) is 4.79 Å². The Hall–Kier alpha value is -3.14. The van der Waals surface area contributed by atoms with Crippen LogP contribution in [0.25, 0.3) is 5.70 Å². The van der Waals surface area contributed by atoms with Gasteiger partial charge in [-0.05, 0) is 31.5 Å². The molecule has 1 atom stereocenters. The van der Waals surface area contributed by atoms with Crippen LogP contribution < -0.4 is 4.74 Å². The second kappa shape index (κ2) is 6.23. The highest BCUT2D eigenvalue weighted by molar-refractivity contribution is 6.23. The van der Waals surface area contributed by atoms with Gasteiger partial charge < -0.3 is 9.64 Å². The topological polar surface area (TPSA) is 46.6 Å². The van der Waals surface area contributed by atoms with Gasteiger partial charge in [0.2, 0.25) is 0 Å². The fraction of sp³-hybridized carbons (Fsp3) is 0.217. The van der Waals surface area contributed by atoms with Gasteiger partial charge in [-0.15, -0.1) is 0 Å². The lowest BCUT2D eigenvalue weighted by molar-refractivity contribution is -0.113. The van der Waals surface area contributed by atoms with Gasteiger partial charge in [0, 0.05) is 40.9 Å². The Morgan fingerprint density at radius 3 is 2.26 bits per heavy atom. The van der Waals surface area contributed by atoms with Gasteiger partial charge in [0.1, 0.15) is 5.75 Å². The lowest BCUT2D eigenvalue weighted by Crippen LogP contribution is -2.29. The Labute approximate surface area is 158 Å². The molecule has 0 unspecified atom stereocenters. The molecule has 0 fully saturated rings. The minimum atomic E-state index is -0.375. The Morgan fingerprint density at radius 2 is 1.67 bits per heavy atom. The van der Waals surface area contributed by atoms with Crippen molar-refractivity contribution in [2.45, 2.75) is 19.8 Å². The third-order valence-electron chi connectivity index (χ3n) is 5.56. The number of rotatable bonds is 3. The average molecular weight is 359 g/mol. The zero-order valence-electron chi connectivity index (χ0n) is 15.9. The molecule has 2 aliphatic rings. The molecular formula is C23H21NO3. The lowest BCUT2D eigenvalue weighted by Gasteiger charge is -2.35. The molecule has 27 heavy (non-hydrogen) atoms. The number of carbonyl (C=O) groups is 2. The second-order valence-electron chi connectivity index (χ2n) is 6.96. The van der Waals surface area contributed by atoms with Gasteiger partial charge in [-0.3, -0.25) is 9.59 Å². The Kier molecular flexibility index (Phi) is 3.99. The molecule has 4 rings (SSSR count). The van der Waals surface area contributed by atoms with Crippen LogP contribution in [0.3, 0.4) is 0 Å². The maximum Gasteiger partial charge on any atom is 0.192 e. The summed E-state index contributed by atoms with van der Waals surface area (Å²) < 4.78 is 5.26. The summed E-state index contributed by atoms with van der Waals surface area (Å²) in [4.78, 5) is 27.9. The molecule has 0 radical (unpaired) electrons. The first-order chi connectivity index (χ1) is 13.0. The Balaban J connectivity index is 1.98. The van der Waals surface area contributed by atoms with Crippen molar-refractivity contribution in [2.75, 3.05) is 14.2 Å². The SMILES string of the molecule is COc1ccc([C@H]2C(C(C)=O)=C(C)N(C)C3=C2C(=O)c2ccccc23)cc1. The average Bonchev–Trinajstić information content (AvgIpc) is 2.97. The zero-order chi connectivity index (χ0) is 19.3. The number of fused-ring (bicyclic) bond motifs is 2. The van der Waals surface area contributed by atoms with Gasteiger partial charge >= 0.3 is 0 Å². The first-order valence-corrected chi connectivity index (χ1v) is 8.93. The number of benzene rings is 2. The smallest absolute Gasteiger partial charge is 0.192 e. The molecule has 4 heteroatoms. The predicted octanol–water partition coefficient (Wildman–Crippen LogP) is 4.19. The second-order valence-corrected chi connectivity index (χ2v) is 6.96. The molecule has 0 saturated carbocycles. The summed E-state index contributed by atoms with van der Waals surface area (Å²) in [5.41, 5.74) is 5.68. The number of ketones is 2. The molecule has 2 aromatic rings. The third kappa shape index (κ3) is 2.44. The molecule has 4 nitrogen and oxygen atoms in total. The predicted molar refractivity (Wildman–Crippen MR) is 105 cm³/mol. The Bertz CT molecular complexity index is 1030. The van der Waals surface area contributed by atoms with Crippen LogP contribution in [-0.4, -0.2) is 30.6 Å². The standard InChI is InChI=1S/C23H21NO3/c1-13-19(14(2)25)20(15-9-11-16(27-4)12-10-15)21-22(24(13)3)17-7-5-6-8-18(17)23(21)26/h5-12,20H,1-4H3/t20-/m0/s1. The van der Waals surface area contributed by atoms with Crippen LogP contribution in [0.5, 0.6) is 5.75 Å². The van der Waals surface area contributed by atoms with Gasteiger partial charge in [-0.25, -0.2) is 0 Å². The van der Waals surface area contributed by atoms with Crippen molar-refractivity contribution in [1.29, 1.82) is 0 Å². The highest BCUT2D eigenvalue weighted by atomic mass is 16.5. The van der Waals surface area contributed by atoms with E-state index >= 15 is 0 Å². The number of hydrogen-bond acceptors (Lipinski definition) is 4. The fourth-order valence-corrected chi connectivity index (χ4v) is 4.20. The maximum absolute atomic E-state index is 13.3. The summed E-state index contributed by atoms with van der Waals surface area (Å²) in [5, 5.41) is 0. The highest BCUT2D eigenvalue weighted by Crippen LogP contribution is 2.49. The molecule has 1 heterocycles. The summed E-state index contributed by atoms with van der Waals surface area (Å²) in [6.07, 6.45) is 0. The number of methoxy groups -OCH3 is 1. The van der Waals surface area contributed by atoms with Gasteiger partial charge in [-0.2, -0.15) is 0 Å². The quantitative estimate of drug-likeness (QED) is 0.824. The van der Waals surface area contributed by atoms with E-state index in [-0.39, 0.29) is 17.5 Å². The highest BCUT2D eigenvalue weighted by Gasteiger charge is 2.43. The molecule has 2 aromatic carbocycles. The van der Waals surface area contributed by atoms with Crippen LogP contribution in [0.1, 0.15) is 41.3 Å². The van der Waals surface area contributed by atoms with Gasteiger partial charge in [0.25, 0.3) is 0 Å². The molecule has 1 aliphatic carbocycles. The molecule has 0 N–H and O–H groups in total. The molecule has 1 aliphatic heterocycles. The van der Waals surface area contributed by atoms with Crippen molar-refractivity contribution in [3.05, 3.63) is 82.1 Å². The summed E-state index contributed by atoms with van der Waals surface area (Å²) in [6.45, 7) is 3.52. The normalized spacial score (nSPS) is 18.6. The molecular weight excluding hydrogens is 338 g/mol. The monoisotopic (exact) mass is 359 g/mol. The number of nitrogens with zero attached hydrogens (tertiary/aromatic N) is 1. The van der Waals surface area contributed by atoms with Gasteiger partial charge in [0.15, 0.2) is 11.6 Å². The third-order valence-corrected chi connectivity index (χ3v) is 5.56. The Morgan fingerprint density at radius 1 is 1.04 bits per heavy atom. The summed E-state index contributed by atoms with van der Waals surface area (Å²) in [7, 11) is 3.54. The van der Waals surface area contributed by atoms with E-state index in [9.17, 15) is 9.59 Å². The first kappa shape index (κ1) is 17.3. The van der Waals surface area contributed by atoms with Crippen molar-refractivity contribution in [2.24, 2.45) is 0 Å². The van der Waals surface area contributed by atoms with E-state index in [0.29, 0.717) is 16.7 Å². The van der Waals surface area contributed by atoms with E-state index in [1.165, 1.54) is 0 Å². The van der Waals surface area contributed by atoms with E-state index in [1.54, 1.807) is 14.0 Å². The fourth-order valence-electron chi connectivity index (χ4n) is 4.20. The minimum absolute atomic E-state index is 0.000446. The van der Waals surface area contributed by atoms with E-state index in [4.69, 9.17) is 4.74 Å². The van der Waals surface area contributed by atoms with Crippen molar-refractivity contribution in [1.82, 2.24) is 4.90 Å². The number of allylic oxidation sites excluding steroid dienone is 3. The summed E-state index contributed by atoms with van der Waals surface area (Å²) in [5.74, 6) is 0.349. The molecule has 0 spiro atoms. The molecule has 0 amide bonds. The van der Waals surface area contributed by atoms with Gasteiger partial charge in [-0.1, -0.05) is 36.4 Å².